The summed E-state index contributed by atoms with van der Waals surface area (Å²) >= 11 is 0. The fraction of sp³-hybridized carbons (Fsp3) is 0.143. The summed E-state index contributed by atoms with van der Waals surface area (Å²) < 4.78 is 5.70. The van der Waals surface area contributed by atoms with E-state index in [0.717, 1.165) is 33.6 Å². The zero-order chi connectivity index (χ0) is 16.1. The van der Waals surface area contributed by atoms with E-state index in [4.69, 9.17) is 4.74 Å². The number of aliphatic hydroxyl groups is 1. The summed E-state index contributed by atoms with van der Waals surface area (Å²) in [6.07, 6.45) is 0.526. The number of aliphatic hydroxyl groups excluding tert-OH is 1. The molecule has 0 bridgehead atoms. The van der Waals surface area contributed by atoms with Crippen LogP contribution in [0.25, 0.3) is 22.3 Å². The first-order chi connectivity index (χ1) is 11.3. The molecule has 3 aromatic carbocycles. The Bertz CT molecular complexity index is 765. The van der Waals surface area contributed by atoms with Crippen molar-refractivity contribution in [2.45, 2.75) is 6.42 Å². The first-order valence-electron chi connectivity index (χ1n) is 7.68. The number of hydrogen-bond donors (Lipinski definition) is 1. The maximum Gasteiger partial charge on any atom is 0.131 e. The molecule has 115 valence electrons. The monoisotopic (exact) mass is 303 g/mol. The minimum Gasteiger partial charge on any atom is -0.496 e. The van der Waals surface area contributed by atoms with Crippen LogP contribution in [-0.4, -0.2) is 18.8 Å². The second-order valence-corrected chi connectivity index (χ2v) is 5.29. The molecule has 0 saturated heterocycles. The Morgan fingerprint density at radius 3 is 2.09 bits per heavy atom. The summed E-state index contributed by atoms with van der Waals surface area (Å²) in [7, 11) is 1.67. The van der Waals surface area contributed by atoms with Gasteiger partial charge in [-0.3, -0.25) is 0 Å². The van der Waals surface area contributed by atoms with Crippen LogP contribution in [0.1, 0.15) is 5.56 Å². The zero-order valence-corrected chi connectivity index (χ0v) is 13.1. The molecule has 0 aliphatic rings. The van der Waals surface area contributed by atoms with Crippen LogP contribution in [0.5, 0.6) is 5.75 Å². The largest absolute Gasteiger partial charge is 0.496 e. The van der Waals surface area contributed by atoms with Gasteiger partial charge in [-0.2, -0.15) is 0 Å². The smallest absolute Gasteiger partial charge is 0.131 e. The standard InChI is InChI=1S/C21H19O2/c1-23-21-18(14-15-22)12-13-19(16-8-4-2-5-9-16)20(21)17-10-6-3-7-11-17/h2-11,13,22H,14-15H2,1H3. The summed E-state index contributed by atoms with van der Waals surface area (Å²) in [5.74, 6) is 0.784. The molecular formula is C21H19O2. The molecule has 0 heterocycles. The normalized spacial score (nSPS) is 10.5. The second-order valence-electron chi connectivity index (χ2n) is 5.29. The van der Waals surface area contributed by atoms with Crippen molar-refractivity contribution >= 4 is 0 Å². The third-order valence-electron chi connectivity index (χ3n) is 3.87. The minimum atomic E-state index is 0.0752. The van der Waals surface area contributed by atoms with Gasteiger partial charge in [0.2, 0.25) is 0 Å². The number of hydrogen-bond acceptors (Lipinski definition) is 2. The zero-order valence-electron chi connectivity index (χ0n) is 13.1. The highest BCUT2D eigenvalue weighted by Gasteiger charge is 2.17. The maximum absolute atomic E-state index is 9.31. The molecule has 2 heteroatoms. The number of benzene rings is 3. The Labute approximate surface area is 137 Å². The molecule has 23 heavy (non-hydrogen) atoms. The quantitative estimate of drug-likeness (QED) is 0.758. The lowest BCUT2D eigenvalue weighted by molar-refractivity contribution is 0.296. The molecule has 1 radical (unpaired) electrons. The van der Waals surface area contributed by atoms with Gasteiger partial charge in [-0.05, 0) is 35.2 Å². The molecule has 3 aromatic rings. The van der Waals surface area contributed by atoms with E-state index >= 15 is 0 Å². The van der Waals surface area contributed by atoms with Crippen molar-refractivity contribution in [2.75, 3.05) is 13.7 Å². The van der Waals surface area contributed by atoms with E-state index < -0.39 is 0 Å². The average molecular weight is 303 g/mol. The van der Waals surface area contributed by atoms with E-state index in [2.05, 4.69) is 30.3 Å². The van der Waals surface area contributed by atoms with Crippen molar-refractivity contribution in [3.05, 3.63) is 78.4 Å². The molecule has 0 amide bonds. The van der Waals surface area contributed by atoms with Gasteiger partial charge in [-0.25, -0.2) is 0 Å². The number of rotatable bonds is 5. The molecule has 1 N–H and O–H groups in total. The van der Waals surface area contributed by atoms with Gasteiger partial charge in [-0.1, -0.05) is 60.7 Å². The topological polar surface area (TPSA) is 29.5 Å². The van der Waals surface area contributed by atoms with Crippen molar-refractivity contribution < 1.29 is 9.84 Å². The highest BCUT2D eigenvalue weighted by Crippen LogP contribution is 2.41. The van der Waals surface area contributed by atoms with E-state index in [0.29, 0.717) is 6.42 Å². The van der Waals surface area contributed by atoms with Crippen LogP contribution < -0.4 is 4.74 Å². The number of ether oxygens (including phenoxy) is 1. The van der Waals surface area contributed by atoms with Gasteiger partial charge in [0.1, 0.15) is 5.75 Å². The van der Waals surface area contributed by atoms with Crippen LogP contribution in [0.2, 0.25) is 0 Å². The molecule has 3 rings (SSSR count). The van der Waals surface area contributed by atoms with E-state index in [-0.39, 0.29) is 6.61 Å². The van der Waals surface area contributed by atoms with Crippen molar-refractivity contribution in [2.24, 2.45) is 0 Å². The SMILES string of the molecule is COc1c(CCO)[c]cc(-c2ccccc2)c1-c1ccccc1. The number of methoxy groups -OCH3 is 1. The van der Waals surface area contributed by atoms with Gasteiger partial charge in [0, 0.05) is 17.7 Å². The minimum absolute atomic E-state index is 0.0752. The summed E-state index contributed by atoms with van der Waals surface area (Å²) in [5, 5.41) is 9.31. The van der Waals surface area contributed by atoms with Gasteiger partial charge in [0.05, 0.1) is 7.11 Å². The molecule has 2 nitrogen and oxygen atoms in total. The molecular weight excluding hydrogens is 284 g/mol. The molecule has 0 aliphatic carbocycles. The molecule has 0 unspecified atom stereocenters. The van der Waals surface area contributed by atoms with Crippen LogP contribution in [0.4, 0.5) is 0 Å². The highest BCUT2D eigenvalue weighted by atomic mass is 16.5. The first kappa shape index (κ1) is 15.3. The van der Waals surface area contributed by atoms with E-state index in [1.54, 1.807) is 7.11 Å². The van der Waals surface area contributed by atoms with Crippen LogP contribution >= 0.6 is 0 Å². The third kappa shape index (κ3) is 3.13. The van der Waals surface area contributed by atoms with Crippen molar-refractivity contribution in [1.82, 2.24) is 0 Å². The van der Waals surface area contributed by atoms with Crippen LogP contribution in [0, 0.1) is 6.07 Å². The Morgan fingerprint density at radius 2 is 1.52 bits per heavy atom. The van der Waals surface area contributed by atoms with Crippen molar-refractivity contribution in [1.29, 1.82) is 0 Å². The van der Waals surface area contributed by atoms with Crippen LogP contribution in [-0.2, 0) is 6.42 Å². The third-order valence-corrected chi connectivity index (χ3v) is 3.87. The Balaban J connectivity index is 2.28. The summed E-state index contributed by atoms with van der Waals surface area (Å²) in [6.45, 7) is 0.0752. The molecule has 0 spiro atoms. The summed E-state index contributed by atoms with van der Waals surface area (Å²) in [6, 6.07) is 25.7. The van der Waals surface area contributed by atoms with Gasteiger partial charge < -0.3 is 9.84 Å². The first-order valence-corrected chi connectivity index (χ1v) is 7.68. The van der Waals surface area contributed by atoms with Gasteiger partial charge in [0.25, 0.3) is 0 Å². The highest BCUT2D eigenvalue weighted by molar-refractivity contribution is 5.88. The molecule has 0 fully saturated rings. The second kappa shape index (κ2) is 7.12. The van der Waals surface area contributed by atoms with Crippen LogP contribution in [0.15, 0.2) is 66.7 Å². The van der Waals surface area contributed by atoms with Crippen LogP contribution in [0.3, 0.4) is 0 Å². The lowest BCUT2D eigenvalue weighted by atomic mass is 9.91. The van der Waals surface area contributed by atoms with E-state index in [1.165, 1.54) is 0 Å². The van der Waals surface area contributed by atoms with Gasteiger partial charge in [0.15, 0.2) is 0 Å². The van der Waals surface area contributed by atoms with Gasteiger partial charge >= 0.3 is 0 Å². The molecule has 0 atom stereocenters. The fourth-order valence-corrected chi connectivity index (χ4v) is 2.83. The van der Waals surface area contributed by atoms with Crippen molar-refractivity contribution in [3.63, 3.8) is 0 Å². The average Bonchev–Trinajstić information content (AvgIpc) is 2.63. The fourth-order valence-electron chi connectivity index (χ4n) is 2.83. The van der Waals surface area contributed by atoms with E-state index in [1.807, 2.05) is 42.5 Å². The Hall–Kier alpha value is -2.58. The Kier molecular flexibility index (Phi) is 4.74. The molecule has 0 aliphatic heterocycles. The van der Waals surface area contributed by atoms with E-state index in [9.17, 15) is 5.11 Å². The Morgan fingerprint density at radius 1 is 0.913 bits per heavy atom. The molecule has 0 aromatic heterocycles. The summed E-state index contributed by atoms with van der Waals surface area (Å²) in [5.41, 5.74) is 5.23. The van der Waals surface area contributed by atoms with Gasteiger partial charge in [-0.15, -0.1) is 0 Å². The predicted octanol–water partition coefficient (Wildman–Crippen LogP) is 4.36. The summed E-state index contributed by atoms with van der Waals surface area (Å²) in [4.78, 5) is 0. The maximum atomic E-state index is 9.31. The lowest BCUT2D eigenvalue weighted by Gasteiger charge is -2.18. The molecule has 0 saturated carbocycles. The predicted molar refractivity (Wildman–Crippen MR) is 93.5 cm³/mol. The lowest BCUT2D eigenvalue weighted by Crippen LogP contribution is -2.00. The van der Waals surface area contributed by atoms with Crippen molar-refractivity contribution in [3.8, 4) is 28.0 Å².